The first-order valence-corrected chi connectivity index (χ1v) is 10.9. The lowest BCUT2D eigenvalue weighted by atomic mass is 9.76. The number of benzene rings is 1. The van der Waals surface area contributed by atoms with Gasteiger partial charge in [-0.25, -0.2) is 0 Å². The Morgan fingerprint density at radius 2 is 1.96 bits per heavy atom. The highest BCUT2D eigenvalue weighted by Gasteiger charge is 2.34. The van der Waals surface area contributed by atoms with E-state index < -0.39 is 5.60 Å². The normalized spacial score (nSPS) is 20.6. The summed E-state index contributed by atoms with van der Waals surface area (Å²) < 4.78 is 0. The van der Waals surface area contributed by atoms with E-state index in [1.165, 1.54) is 10.4 Å². The molecule has 0 unspecified atom stereocenters. The Kier molecular flexibility index (Phi) is 6.95. The van der Waals surface area contributed by atoms with Gasteiger partial charge in [-0.3, -0.25) is 4.90 Å². The third kappa shape index (κ3) is 6.18. The van der Waals surface area contributed by atoms with Gasteiger partial charge in [0.25, 0.3) is 0 Å². The maximum absolute atomic E-state index is 10.2. The van der Waals surface area contributed by atoms with E-state index in [1.807, 2.05) is 6.07 Å². The third-order valence-electron chi connectivity index (χ3n) is 5.40. The van der Waals surface area contributed by atoms with E-state index in [0.29, 0.717) is 0 Å². The zero-order chi connectivity index (χ0) is 20.0. The van der Waals surface area contributed by atoms with E-state index in [0.717, 1.165) is 50.2 Å². The Bertz CT molecular complexity index is 812. The number of hydrogen-bond donors (Lipinski definition) is 2. The van der Waals surface area contributed by atoms with E-state index in [1.54, 1.807) is 25.2 Å². The van der Waals surface area contributed by atoms with Crippen LogP contribution in [0.4, 0.5) is 0 Å². The highest BCUT2D eigenvalue weighted by molar-refractivity contribution is 7.12. The monoisotopic (exact) mass is 397 g/mol. The smallest absolute Gasteiger partial charge is 0.120 e. The first-order chi connectivity index (χ1) is 13.4. The minimum absolute atomic E-state index is 0.00506. The third-order valence-corrected chi connectivity index (χ3v) is 6.38. The number of aliphatic hydroxyl groups is 2. The fourth-order valence-electron chi connectivity index (χ4n) is 3.88. The van der Waals surface area contributed by atoms with Gasteiger partial charge in [0.15, 0.2) is 0 Å². The molecule has 1 aromatic carbocycles. The Morgan fingerprint density at radius 1 is 1.18 bits per heavy atom. The summed E-state index contributed by atoms with van der Waals surface area (Å²) in [5, 5.41) is 20.0. The molecule has 2 aromatic rings. The Labute approximate surface area is 173 Å². The van der Waals surface area contributed by atoms with Crippen LogP contribution in [0.3, 0.4) is 0 Å². The summed E-state index contributed by atoms with van der Waals surface area (Å²) in [4.78, 5) is 4.76. The van der Waals surface area contributed by atoms with Crippen LogP contribution in [0, 0.1) is 17.3 Å². The summed E-state index contributed by atoms with van der Waals surface area (Å²) in [5.74, 6) is 5.95. The van der Waals surface area contributed by atoms with Gasteiger partial charge >= 0.3 is 0 Å². The molecule has 0 radical (unpaired) electrons. The molecule has 0 bridgehead atoms. The van der Waals surface area contributed by atoms with Gasteiger partial charge in [0.2, 0.25) is 0 Å². The molecule has 0 spiro atoms. The second kappa shape index (κ2) is 9.24. The molecule has 4 heteroatoms. The highest BCUT2D eigenvalue weighted by atomic mass is 32.1. The molecule has 1 aliphatic rings. The van der Waals surface area contributed by atoms with Crippen LogP contribution in [-0.2, 0) is 13.0 Å². The first-order valence-electron chi connectivity index (χ1n) is 10.1. The predicted octanol–water partition coefficient (Wildman–Crippen LogP) is 4.08. The molecule has 2 heterocycles. The Hall–Kier alpha value is -1.64. The largest absolute Gasteiger partial charge is 0.396 e. The first kappa shape index (κ1) is 21.1. The highest BCUT2D eigenvalue weighted by Crippen LogP contribution is 2.35. The van der Waals surface area contributed by atoms with Crippen molar-refractivity contribution < 1.29 is 10.2 Å². The van der Waals surface area contributed by atoms with Crippen LogP contribution in [0.25, 0.3) is 0 Å². The molecule has 2 N–H and O–H groups in total. The molecule has 1 fully saturated rings. The molecular formula is C24H31NO2S. The number of aryl methyl sites for hydroxylation is 1. The molecule has 1 atom stereocenters. The second-order valence-electron chi connectivity index (χ2n) is 8.53. The number of likely N-dealkylation sites (tertiary alicyclic amines) is 1. The summed E-state index contributed by atoms with van der Waals surface area (Å²) in [6.45, 7) is 6.58. The molecule has 1 aromatic heterocycles. The van der Waals surface area contributed by atoms with Crippen molar-refractivity contribution in [2.45, 2.75) is 51.7 Å². The van der Waals surface area contributed by atoms with Gasteiger partial charge in [-0.15, -0.1) is 11.3 Å². The van der Waals surface area contributed by atoms with E-state index in [2.05, 4.69) is 53.1 Å². The topological polar surface area (TPSA) is 43.7 Å². The van der Waals surface area contributed by atoms with E-state index in [9.17, 15) is 10.2 Å². The number of aliphatic hydroxyl groups excluding tert-OH is 1. The fourth-order valence-corrected chi connectivity index (χ4v) is 4.78. The molecule has 0 saturated carbocycles. The van der Waals surface area contributed by atoms with Crippen LogP contribution in [0.5, 0.6) is 0 Å². The maximum Gasteiger partial charge on any atom is 0.120 e. The Balaban J connectivity index is 1.60. The van der Waals surface area contributed by atoms with Crippen LogP contribution < -0.4 is 0 Å². The average molecular weight is 398 g/mol. The molecule has 28 heavy (non-hydrogen) atoms. The standard InChI is InChI=1S/C24H31NO2S/c1-23(2,27)14-12-21-9-10-22(28-21)17-25-16-6-13-24(18-25,19-26)15-11-20-7-4-3-5-8-20/h3-5,7-10,26-27H,6,11,13,15-19H2,1-2H3/t24-/m0/s1. The fraction of sp³-hybridized carbons (Fsp3) is 0.500. The summed E-state index contributed by atoms with van der Waals surface area (Å²) >= 11 is 1.70. The lowest BCUT2D eigenvalue weighted by Crippen LogP contribution is -2.45. The van der Waals surface area contributed by atoms with Crippen molar-refractivity contribution in [3.05, 3.63) is 57.8 Å². The van der Waals surface area contributed by atoms with Gasteiger partial charge in [0.1, 0.15) is 5.60 Å². The van der Waals surface area contributed by atoms with Crippen LogP contribution in [0.1, 0.15) is 48.4 Å². The van der Waals surface area contributed by atoms with E-state index in [-0.39, 0.29) is 12.0 Å². The summed E-state index contributed by atoms with van der Waals surface area (Å²) in [7, 11) is 0. The molecule has 0 amide bonds. The van der Waals surface area contributed by atoms with Gasteiger partial charge in [-0.1, -0.05) is 42.2 Å². The zero-order valence-corrected chi connectivity index (χ0v) is 17.8. The minimum Gasteiger partial charge on any atom is -0.396 e. The van der Waals surface area contributed by atoms with Gasteiger partial charge in [0.05, 0.1) is 4.88 Å². The zero-order valence-electron chi connectivity index (χ0n) is 16.9. The van der Waals surface area contributed by atoms with Crippen molar-refractivity contribution in [2.75, 3.05) is 19.7 Å². The Morgan fingerprint density at radius 3 is 2.68 bits per heavy atom. The van der Waals surface area contributed by atoms with Crippen LogP contribution in [0.15, 0.2) is 42.5 Å². The molecule has 3 rings (SSSR count). The molecular weight excluding hydrogens is 366 g/mol. The van der Waals surface area contributed by atoms with Gasteiger partial charge in [-0.2, -0.15) is 0 Å². The lowest BCUT2D eigenvalue weighted by molar-refractivity contribution is 0.0228. The second-order valence-corrected chi connectivity index (χ2v) is 9.70. The van der Waals surface area contributed by atoms with Gasteiger partial charge in [0, 0.05) is 30.0 Å². The summed E-state index contributed by atoms with van der Waals surface area (Å²) in [5.41, 5.74) is 0.381. The number of rotatable bonds is 6. The number of hydrogen-bond acceptors (Lipinski definition) is 4. The molecule has 3 nitrogen and oxygen atoms in total. The van der Waals surface area contributed by atoms with Crippen molar-refractivity contribution in [2.24, 2.45) is 5.41 Å². The molecule has 1 aliphatic heterocycles. The SMILES string of the molecule is CC(C)(O)C#Cc1ccc(CN2CCC[C@](CO)(CCc3ccccc3)C2)s1. The lowest BCUT2D eigenvalue weighted by Gasteiger charge is -2.42. The number of nitrogens with zero attached hydrogens (tertiary/aromatic N) is 1. The number of piperidine rings is 1. The molecule has 1 saturated heterocycles. The predicted molar refractivity (Wildman–Crippen MR) is 116 cm³/mol. The van der Waals surface area contributed by atoms with Crippen LogP contribution >= 0.6 is 11.3 Å². The summed E-state index contributed by atoms with van der Waals surface area (Å²) in [6, 6.07) is 14.7. The van der Waals surface area contributed by atoms with Crippen molar-refractivity contribution in [3.8, 4) is 11.8 Å². The van der Waals surface area contributed by atoms with Crippen molar-refractivity contribution >= 4 is 11.3 Å². The van der Waals surface area contributed by atoms with E-state index in [4.69, 9.17) is 0 Å². The van der Waals surface area contributed by atoms with Gasteiger partial charge < -0.3 is 10.2 Å². The molecule has 150 valence electrons. The van der Waals surface area contributed by atoms with Crippen molar-refractivity contribution in [3.63, 3.8) is 0 Å². The number of thiophene rings is 1. The van der Waals surface area contributed by atoms with Crippen LogP contribution in [-0.4, -0.2) is 40.4 Å². The van der Waals surface area contributed by atoms with Crippen LogP contribution in [0.2, 0.25) is 0 Å². The molecule has 0 aliphatic carbocycles. The van der Waals surface area contributed by atoms with Crippen molar-refractivity contribution in [1.82, 2.24) is 4.90 Å². The quantitative estimate of drug-likeness (QED) is 0.722. The van der Waals surface area contributed by atoms with Gasteiger partial charge in [-0.05, 0) is 63.8 Å². The van der Waals surface area contributed by atoms with E-state index >= 15 is 0 Å². The van der Waals surface area contributed by atoms with Crippen molar-refractivity contribution in [1.29, 1.82) is 0 Å². The average Bonchev–Trinajstić information content (AvgIpc) is 3.13. The maximum atomic E-state index is 10.2. The minimum atomic E-state index is -0.962. The summed E-state index contributed by atoms with van der Waals surface area (Å²) in [6.07, 6.45) is 4.27.